The summed E-state index contributed by atoms with van der Waals surface area (Å²) in [6.45, 7) is 2.03. The van der Waals surface area contributed by atoms with Crippen molar-refractivity contribution in [2.75, 3.05) is 6.61 Å². The molecule has 2 rings (SSSR count). The maximum Gasteiger partial charge on any atom is 0.307 e. The molecule has 0 aliphatic carbocycles. The van der Waals surface area contributed by atoms with Gasteiger partial charge in [0, 0.05) is 22.5 Å². The first-order valence-corrected chi connectivity index (χ1v) is 7.34. The molecule has 2 N–H and O–H groups in total. The van der Waals surface area contributed by atoms with E-state index in [4.69, 9.17) is 10.5 Å². The number of hydrogen-bond donors (Lipinski definition) is 1. The van der Waals surface area contributed by atoms with E-state index >= 15 is 0 Å². The van der Waals surface area contributed by atoms with Crippen LogP contribution < -0.4 is 5.73 Å². The second-order valence-corrected chi connectivity index (χ2v) is 5.42. The van der Waals surface area contributed by atoms with Crippen LogP contribution >= 0.6 is 11.3 Å². The van der Waals surface area contributed by atoms with Crippen molar-refractivity contribution in [1.29, 1.82) is 0 Å². The minimum absolute atomic E-state index is 0.0691. The molecule has 1 heterocycles. The van der Waals surface area contributed by atoms with Gasteiger partial charge >= 0.3 is 5.97 Å². The van der Waals surface area contributed by atoms with Gasteiger partial charge in [-0.3, -0.25) is 4.79 Å². The summed E-state index contributed by atoms with van der Waals surface area (Å²) in [6, 6.07) is 4.64. The molecular formula is C15H15F2NO2S. The quantitative estimate of drug-likeness (QED) is 0.858. The molecule has 0 saturated heterocycles. The number of nitrogens with two attached hydrogens (primary N) is 1. The Kier molecular flexibility index (Phi) is 5.03. The van der Waals surface area contributed by atoms with Gasteiger partial charge in [0.25, 0.3) is 0 Å². The van der Waals surface area contributed by atoms with Gasteiger partial charge in [-0.1, -0.05) is 0 Å². The molecule has 0 bridgehead atoms. The van der Waals surface area contributed by atoms with E-state index in [9.17, 15) is 13.6 Å². The summed E-state index contributed by atoms with van der Waals surface area (Å²) in [7, 11) is 0. The van der Waals surface area contributed by atoms with Gasteiger partial charge in [-0.15, -0.1) is 11.3 Å². The zero-order valence-corrected chi connectivity index (χ0v) is 12.3. The lowest BCUT2D eigenvalue weighted by atomic mass is 10.1. The number of benzene rings is 1. The fourth-order valence-corrected chi connectivity index (χ4v) is 2.82. The average molecular weight is 311 g/mol. The SMILES string of the molecule is CCOC(=O)C[C@H](N)c1cc(-c2ccc(F)cc2F)cs1. The summed E-state index contributed by atoms with van der Waals surface area (Å²) in [4.78, 5) is 12.1. The molecule has 112 valence electrons. The molecular weight excluding hydrogens is 296 g/mol. The number of carbonyl (C=O) groups is 1. The normalized spacial score (nSPS) is 12.2. The molecule has 0 amide bonds. The Morgan fingerprint density at radius 3 is 2.81 bits per heavy atom. The molecule has 1 atom stereocenters. The van der Waals surface area contributed by atoms with Gasteiger partial charge in [0.1, 0.15) is 11.6 Å². The minimum Gasteiger partial charge on any atom is -0.466 e. The van der Waals surface area contributed by atoms with Gasteiger partial charge in [0.05, 0.1) is 13.0 Å². The lowest BCUT2D eigenvalue weighted by Crippen LogP contribution is -2.16. The summed E-state index contributed by atoms with van der Waals surface area (Å²) in [6.07, 6.45) is 0.0691. The first-order chi connectivity index (χ1) is 10.0. The lowest BCUT2D eigenvalue weighted by Gasteiger charge is -2.08. The third kappa shape index (κ3) is 3.86. The largest absolute Gasteiger partial charge is 0.466 e. The molecule has 0 radical (unpaired) electrons. The van der Waals surface area contributed by atoms with Gasteiger partial charge < -0.3 is 10.5 Å². The van der Waals surface area contributed by atoms with Crippen molar-refractivity contribution in [1.82, 2.24) is 0 Å². The van der Waals surface area contributed by atoms with Crippen LogP contribution in [0.15, 0.2) is 29.6 Å². The maximum absolute atomic E-state index is 13.7. The first-order valence-electron chi connectivity index (χ1n) is 6.46. The molecule has 1 aromatic heterocycles. The Hall–Kier alpha value is -1.79. The van der Waals surface area contributed by atoms with Crippen LogP contribution in [0.25, 0.3) is 11.1 Å². The summed E-state index contributed by atoms with van der Waals surface area (Å²) in [5.41, 5.74) is 6.86. The van der Waals surface area contributed by atoms with Gasteiger partial charge in [-0.05, 0) is 36.1 Å². The summed E-state index contributed by atoms with van der Waals surface area (Å²) in [5, 5.41) is 1.73. The van der Waals surface area contributed by atoms with E-state index in [-0.39, 0.29) is 12.4 Å². The molecule has 0 spiro atoms. The Morgan fingerprint density at radius 1 is 1.38 bits per heavy atom. The monoisotopic (exact) mass is 311 g/mol. The number of hydrogen-bond acceptors (Lipinski definition) is 4. The van der Waals surface area contributed by atoms with Crippen LogP contribution in [0.1, 0.15) is 24.3 Å². The van der Waals surface area contributed by atoms with Crippen molar-refractivity contribution < 1.29 is 18.3 Å². The van der Waals surface area contributed by atoms with Crippen molar-refractivity contribution in [2.45, 2.75) is 19.4 Å². The molecule has 0 fully saturated rings. The molecule has 0 saturated carbocycles. The molecule has 21 heavy (non-hydrogen) atoms. The number of ether oxygens (including phenoxy) is 1. The molecule has 1 aromatic carbocycles. The average Bonchev–Trinajstić information content (AvgIpc) is 2.88. The Morgan fingerprint density at radius 2 is 2.14 bits per heavy atom. The Bertz CT molecular complexity index is 642. The van der Waals surface area contributed by atoms with Crippen LogP contribution in [0, 0.1) is 11.6 Å². The highest BCUT2D eigenvalue weighted by molar-refractivity contribution is 7.10. The van der Waals surface area contributed by atoms with E-state index in [2.05, 4.69) is 0 Å². The zero-order chi connectivity index (χ0) is 15.4. The molecule has 0 aliphatic rings. The summed E-state index contributed by atoms with van der Waals surface area (Å²) >= 11 is 1.33. The van der Waals surface area contributed by atoms with E-state index in [1.807, 2.05) is 0 Å². The topological polar surface area (TPSA) is 52.3 Å². The van der Waals surface area contributed by atoms with E-state index in [0.717, 1.165) is 10.9 Å². The zero-order valence-electron chi connectivity index (χ0n) is 11.4. The summed E-state index contributed by atoms with van der Waals surface area (Å²) < 4.78 is 31.5. The Labute approximate surface area is 125 Å². The maximum atomic E-state index is 13.7. The standard InChI is InChI=1S/C15H15F2NO2S/c1-2-20-15(19)7-13(18)14-5-9(8-21-14)11-4-3-10(16)6-12(11)17/h3-6,8,13H,2,7,18H2,1H3/t13-/m0/s1. The van der Waals surface area contributed by atoms with Crippen molar-refractivity contribution in [3.63, 3.8) is 0 Å². The predicted molar refractivity (Wildman–Crippen MR) is 77.8 cm³/mol. The van der Waals surface area contributed by atoms with Crippen LogP contribution in [0.2, 0.25) is 0 Å². The Balaban J connectivity index is 2.15. The molecule has 3 nitrogen and oxygen atoms in total. The highest BCUT2D eigenvalue weighted by Gasteiger charge is 2.16. The van der Waals surface area contributed by atoms with Crippen LogP contribution in [-0.4, -0.2) is 12.6 Å². The van der Waals surface area contributed by atoms with Crippen molar-refractivity contribution >= 4 is 17.3 Å². The van der Waals surface area contributed by atoms with Crippen molar-refractivity contribution in [2.24, 2.45) is 5.73 Å². The highest BCUT2D eigenvalue weighted by atomic mass is 32.1. The van der Waals surface area contributed by atoms with Crippen LogP contribution in [-0.2, 0) is 9.53 Å². The fourth-order valence-electron chi connectivity index (χ4n) is 1.91. The molecule has 0 aliphatic heterocycles. The number of esters is 1. The van der Waals surface area contributed by atoms with Gasteiger partial charge in [0.2, 0.25) is 0 Å². The predicted octanol–water partition coefficient (Wildman–Crippen LogP) is 3.65. The van der Waals surface area contributed by atoms with Crippen LogP contribution in [0.4, 0.5) is 8.78 Å². The lowest BCUT2D eigenvalue weighted by molar-refractivity contribution is -0.143. The van der Waals surface area contributed by atoms with E-state index in [0.29, 0.717) is 17.7 Å². The van der Waals surface area contributed by atoms with Crippen LogP contribution in [0.5, 0.6) is 0 Å². The van der Waals surface area contributed by atoms with E-state index in [1.165, 1.54) is 23.5 Å². The second kappa shape index (κ2) is 6.78. The van der Waals surface area contributed by atoms with E-state index in [1.54, 1.807) is 18.4 Å². The first kappa shape index (κ1) is 15.6. The van der Waals surface area contributed by atoms with Crippen molar-refractivity contribution in [3.05, 3.63) is 46.2 Å². The van der Waals surface area contributed by atoms with Crippen LogP contribution in [0.3, 0.4) is 0 Å². The third-order valence-corrected chi connectivity index (χ3v) is 3.98. The summed E-state index contributed by atoms with van der Waals surface area (Å²) in [5.74, 6) is -1.61. The molecule has 2 aromatic rings. The smallest absolute Gasteiger partial charge is 0.307 e. The van der Waals surface area contributed by atoms with E-state index < -0.39 is 17.7 Å². The molecule has 0 unspecified atom stereocenters. The minimum atomic E-state index is -0.627. The second-order valence-electron chi connectivity index (χ2n) is 4.48. The highest BCUT2D eigenvalue weighted by Crippen LogP contribution is 2.31. The van der Waals surface area contributed by atoms with Gasteiger partial charge in [0.15, 0.2) is 0 Å². The van der Waals surface area contributed by atoms with Gasteiger partial charge in [-0.25, -0.2) is 8.78 Å². The van der Waals surface area contributed by atoms with Crippen molar-refractivity contribution in [3.8, 4) is 11.1 Å². The number of halogens is 2. The van der Waals surface area contributed by atoms with Gasteiger partial charge in [-0.2, -0.15) is 0 Å². The number of thiophene rings is 1. The number of rotatable bonds is 5. The fraction of sp³-hybridized carbons (Fsp3) is 0.267. The number of carbonyl (C=O) groups excluding carboxylic acids is 1. The third-order valence-electron chi connectivity index (χ3n) is 2.92. The molecule has 6 heteroatoms.